The lowest BCUT2D eigenvalue weighted by Gasteiger charge is -2.21. The highest BCUT2D eigenvalue weighted by atomic mass is 16.5. The molecule has 96 valence electrons. The maximum Gasteiger partial charge on any atom is 0.306 e. The summed E-state index contributed by atoms with van der Waals surface area (Å²) in [5.74, 6) is -0.992. The zero-order valence-electron chi connectivity index (χ0n) is 10.7. The fourth-order valence-electron chi connectivity index (χ4n) is 1.68. The van der Waals surface area contributed by atoms with Crippen molar-refractivity contribution >= 4 is 5.97 Å². The van der Waals surface area contributed by atoms with Crippen LogP contribution >= 0.6 is 0 Å². The van der Waals surface area contributed by atoms with Crippen LogP contribution in [-0.4, -0.2) is 37.5 Å². The molecule has 0 aliphatic carbocycles. The van der Waals surface area contributed by atoms with Crippen LogP contribution in [0.4, 0.5) is 0 Å². The van der Waals surface area contributed by atoms with Gasteiger partial charge < -0.3 is 14.6 Å². The van der Waals surface area contributed by atoms with Crippen molar-refractivity contribution in [3.05, 3.63) is 0 Å². The lowest BCUT2D eigenvalue weighted by molar-refractivity contribution is -0.145. The van der Waals surface area contributed by atoms with E-state index in [2.05, 4.69) is 0 Å². The molecule has 3 atom stereocenters. The third-order valence-electron chi connectivity index (χ3n) is 2.65. The largest absolute Gasteiger partial charge is 0.481 e. The number of methoxy groups -OCH3 is 1. The Morgan fingerprint density at radius 1 is 1.31 bits per heavy atom. The minimum Gasteiger partial charge on any atom is -0.481 e. The van der Waals surface area contributed by atoms with Gasteiger partial charge >= 0.3 is 5.97 Å². The van der Waals surface area contributed by atoms with Crippen molar-refractivity contribution in [2.45, 2.75) is 39.7 Å². The summed E-state index contributed by atoms with van der Waals surface area (Å²) in [4.78, 5) is 11.0. The van der Waals surface area contributed by atoms with E-state index in [1.54, 1.807) is 7.11 Å². The number of carboxylic acids is 1. The Bertz CT molecular complexity index is 193. The quantitative estimate of drug-likeness (QED) is 0.662. The van der Waals surface area contributed by atoms with Gasteiger partial charge in [-0.25, -0.2) is 0 Å². The second-order valence-electron chi connectivity index (χ2n) is 4.31. The van der Waals surface area contributed by atoms with Gasteiger partial charge in [-0.2, -0.15) is 0 Å². The van der Waals surface area contributed by atoms with Gasteiger partial charge in [0.2, 0.25) is 0 Å². The minimum atomic E-state index is -0.725. The molecular weight excluding hydrogens is 208 g/mol. The van der Waals surface area contributed by atoms with E-state index < -0.39 is 5.97 Å². The molecule has 0 amide bonds. The second-order valence-corrected chi connectivity index (χ2v) is 4.31. The summed E-state index contributed by atoms with van der Waals surface area (Å²) >= 11 is 0. The first-order chi connectivity index (χ1) is 7.52. The first-order valence-corrected chi connectivity index (χ1v) is 5.86. The third-order valence-corrected chi connectivity index (χ3v) is 2.65. The molecule has 0 aromatic carbocycles. The van der Waals surface area contributed by atoms with Crippen LogP contribution in [0.25, 0.3) is 0 Å². The van der Waals surface area contributed by atoms with Crippen molar-refractivity contribution in [3.8, 4) is 0 Å². The van der Waals surface area contributed by atoms with Gasteiger partial charge in [-0.05, 0) is 19.3 Å². The van der Waals surface area contributed by atoms with E-state index in [1.807, 2.05) is 20.8 Å². The third kappa shape index (κ3) is 6.08. The van der Waals surface area contributed by atoms with Crippen LogP contribution in [-0.2, 0) is 14.3 Å². The number of carbonyl (C=O) groups is 1. The van der Waals surface area contributed by atoms with Gasteiger partial charge in [-0.3, -0.25) is 4.79 Å². The summed E-state index contributed by atoms with van der Waals surface area (Å²) in [5, 5.41) is 9.06. The number of ether oxygens (including phenoxy) is 2. The van der Waals surface area contributed by atoms with Crippen LogP contribution in [0.5, 0.6) is 0 Å². The predicted molar refractivity (Wildman–Crippen MR) is 62.5 cm³/mol. The highest BCUT2D eigenvalue weighted by Crippen LogP contribution is 2.18. The summed E-state index contributed by atoms with van der Waals surface area (Å²) in [6.45, 7) is 6.86. The van der Waals surface area contributed by atoms with E-state index in [9.17, 15) is 4.79 Å². The molecule has 0 saturated carbocycles. The number of aliphatic carboxylic acids is 1. The standard InChI is InChI=1S/C12H24O4/c1-5-6-11(12(13)14)9(2)7-16-10(3)8-15-4/h9-11H,5-8H2,1-4H3,(H,13,14). The molecule has 0 fully saturated rings. The van der Waals surface area contributed by atoms with Gasteiger partial charge in [-0.15, -0.1) is 0 Å². The molecule has 0 rings (SSSR count). The second kappa shape index (κ2) is 8.53. The van der Waals surface area contributed by atoms with E-state index in [1.165, 1.54) is 0 Å². The molecule has 3 unspecified atom stereocenters. The summed E-state index contributed by atoms with van der Waals surface area (Å²) in [7, 11) is 1.63. The summed E-state index contributed by atoms with van der Waals surface area (Å²) in [6.07, 6.45) is 1.61. The first-order valence-electron chi connectivity index (χ1n) is 5.86. The smallest absolute Gasteiger partial charge is 0.306 e. The van der Waals surface area contributed by atoms with Crippen LogP contribution in [0.3, 0.4) is 0 Å². The molecule has 0 aromatic rings. The Hall–Kier alpha value is -0.610. The van der Waals surface area contributed by atoms with Crippen LogP contribution in [0.1, 0.15) is 33.6 Å². The Balaban J connectivity index is 4.00. The highest BCUT2D eigenvalue weighted by Gasteiger charge is 2.24. The summed E-state index contributed by atoms with van der Waals surface area (Å²) in [6, 6.07) is 0. The molecule has 4 heteroatoms. The van der Waals surface area contributed by atoms with Crippen LogP contribution < -0.4 is 0 Å². The zero-order chi connectivity index (χ0) is 12.6. The number of rotatable bonds is 9. The van der Waals surface area contributed by atoms with Gasteiger partial charge in [0.15, 0.2) is 0 Å². The number of hydrogen-bond donors (Lipinski definition) is 1. The maximum absolute atomic E-state index is 11.0. The Kier molecular flexibility index (Phi) is 8.21. The van der Waals surface area contributed by atoms with E-state index in [0.717, 1.165) is 6.42 Å². The average Bonchev–Trinajstić information content (AvgIpc) is 2.22. The molecule has 0 aliphatic heterocycles. The van der Waals surface area contributed by atoms with Crippen molar-refractivity contribution in [1.82, 2.24) is 0 Å². The maximum atomic E-state index is 11.0. The topological polar surface area (TPSA) is 55.8 Å². The average molecular weight is 232 g/mol. The number of hydrogen-bond acceptors (Lipinski definition) is 3. The lowest BCUT2D eigenvalue weighted by Crippen LogP contribution is -2.27. The van der Waals surface area contributed by atoms with Crippen LogP contribution in [0, 0.1) is 11.8 Å². The van der Waals surface area contributed by atoms with E-state index in [0.29, 0.717) is 19.6 Å². The van der Waals surface area contributed by atoms with Crippen molar-refractivity contribution in [3.63, 3.8) is 0 Å². The Morgan fingerprint density at radius 3 is 2.38 bits per heavy atom. The van der Waals surface area contributed by atoms with Crippen molar-refractivity contribution < 1.29 is 19.4 Å². The Labute approximate surface area is 97.9 Å². The SMILES string of the molecule is CCCC(C(=O)O)C(C)COC(C)COC. The predicted octanol–water partition coefficient (Wildman–Crippen LogP) is 2.17. The molecule has 4 nitrogen and oxygen atoms in total. The van der Waals surface area contributed by atoms with Crippen LogP contribution in [0.2, 0.25) is 0 Å². The van der Waals surface area contributed by atoms with Gasteiger partial charge in [0.1, 0.15) is 0 Å². The van der Waals surface area contributed by atoms with Crippen LogP contribution in [0.15, 0.2) is 0 Å². The number of carboxylic acid groups (broad SMARTS) is 1. The van der Waals surface area contributed by atoms with Gasteiger partial charge in [-0.1, -0.05) is 20.3 Å². The van der Waals surface area contributed by atoms with Gasteiger partial charge in [0, 0.05) is 7.11 Å². The van der Waals surface area contributed by atoms with Gasteiger partial charge in [0.25, 0.3) is 0 Å². The molecule has 0 radical (unpaired) electrons. The van der Waals surface area contributed by atoms with Gasteiger partial charge in [0.05, 0.1) is 25.2 Å². The van der Waals surface area contributed by atoms with Crippen molar-refractivity contribution in [2.24, 2.45) is 11.8 Å². The zero-order valence-corrected chi connectivity index (χ0v) is 10.7. The molecule has 0 bridgehead atoms. The monoisotopic (exact) mass is 232 g/mol. The van der Waals surface area contributed by atoms with E-state index in [4.69, 9.17) is 14.6 Å². The molecule has 16 heavy (non-hydrogen) atoms. The fourth-order valence-corrected chi connectivity index (χ4v) is 1.68. The van der Waals surface area contributed by atoms with E-state index >= 15 is 0 Å². The minimum absolute atomic E-state index is 0.0171. The molecule has 1 N–H and O–H groups in total. The molecule has 0 saturated heterocycles. The van der Waals surface area contributed by atoms with Crippen molar-refractivity contribution in [1.29, 1.82) is 0 Å². The lowest BCUT2D eigenvalue weighted by atomic mass is 9.91. The first kappa shape index (κ1) is 15.4. The molecule has 0 heterocycles. The molecule has 0 aliphatic rings. The molecule has 0 aromatic heterocycles. The summed E-state index contributed by atoms with van der Waals surface area (Å²) in [5.41, 5.74) is 0. The normalized spacial score (nSPS) is 16.8. The Morgan fingerprint density at radius 2 is 1.94 bits per heavy atom. The van der Waals surface area contributed by atoms with Crippen molar-refractivity contribution in [2.75, 3.05) is 20.3 Å². The summed E-state index contributed by atoms with van der Waals surface area (Å²) < 4.78 is 10.5. The molecular formula is C12H24O4. The molecule has 0 spiro atoms. The fraction of sp³-hybridized carbons (Fsp3) is 0.917. The van der Waals surface area contributed by atoms with E-state index in [-0.39, 0.29) is 17.9 Å². The highest BCUT2D eigenvalue weighted by molar-refractivity contribution is 5.70.